The second kappa shape index (κ2) is 7.05. The van der Waals surface area contributed by atoms with Gasteiger partial charge in [-0.25, -0.2) is 4.79 Å². The van der Waals surface area contributed by atoms with Gasteiger partial charge in [-0.05, 0) is 24.8 Å². The predicted octanol–water partition coefficient (Wildman–Crippen LogP) is 1.37. The number of amides is 1. The highest BCUT2D eigenvalue weighted by Crippen LogP contribution is 2.13. The van der Waals surface area contributed by atoms with Crippen molar-refractivity contribution in [3.8, 4) is 0 Å². The largest absolute Gasteiger partial charge is 0.480 e. The Bertz CT molecular complexity index is 454. The van der Waals surface area contributed by atoms with Crippen LogP contribution in [0, 0.1) is 0 Å². The molecule has 1 fully saturated rings. The lowest BCUT2D eigenvalue weighted by Crippen LogP contribution is -2.48. The van der Waals surface area contributed by atoms with E-state index in [1.165, 1.54) is 0 Å². The summed E-state index contributed by atoms with van der Waals surface area (Å²) < 4.78 is 5.37. The Morgan fingerprint density at radius 2 is 2.05 bits per heavy atom. The molecule has 1 aromatic carbocycles. The summed E-state index contributed by atoms with van der Waals surface area (Å²) >= 11 is 0. The van der Waals surface area contributed by atoms with Crippen molar-refractivity contribution in [2.45, 2.75) is 37.8 Å². The quantitative estimate of drug-likeness (QED) is 0.852. The minimum atomic E-state index is -1.03. The first-order valence-electron chi connectivity index (χ1n) is 6.85. The topological polar surface area (TPSA) is 75.6 Å². The minimum absolute atomic E-state index is 0.272. The highest BCUT2D eigenvalue weighted by molar-refractivity contribution is 5.86. The maximum Gasteiger partial charge on any atom is 0.326 e. The molecule has 108 valence electrons. The van der Waals surface area contributed by atoms with E-state index in [0.717, 1.165) is 18.4 Å². The molecule has 2 N–H and O–H groups in total. The van der Waals surface area contributed by atoms with Gasteiger partial charge in [-0.3, -0.25) is 4.79 Å². The molecule has 1 aromatic rings. The fraction of sp³-hybridized carbons (Fsp3) is 0.467. The van der Waals surface area contributed by atoms with E-state index in [9.17, 15) is 14.7 Å². The second-order valence-corrected chi connectivity index (χ2v) is 4.94. The van der Waals surface area contributed by atoms with Crippen molar-refractivity contribution in [3.63, 3.8) is 0 Å². The van der Waals surface area contributed by atoms with Gasteiger partial charge in [0.15, 0.2) is 0 Å². The molecule has 5 nitrogen and oxygen atoms in total. The molecule has 2 rings (SSSR count). The number of nitrogens with one attached hydrogen (secondary N) is 1. The highest BCUT2D eigenvalue weighted by atomic mass is 16.5. The summed E-state index contributed by atoms with van der Waals surface area (Å²) in [4.78, 5) is 23.3. The number of ether oxygens (including phenoxy) is 1. The molecule has 0 aromatic heterocycles. The van der Waals surface area contributed by atoms with E-state index < -0.39 is 18.1 Å². The summed E-state index contributed by atoms with van der Waals surface area (Å²) in [6, 6.07) is 8.34. The van der Waals surface area contributed by atoms with Gasteiger partial charge in [0.25, 0.3) is 0 Å². The Hall–Kier alpha value is -1.88. The zero-order chi connectivity index (χ0) is 14.4. The maximum absolute atomic E-state index is 12.0. The lowest BCUT2D eigenvalue weighted by Gasteiger charge is -2.23. The summed E-state index contributed by atoms with van der Waals surface area (Å²) in [7, 11) is 0. The molecule has 0 saturated carbocycles. The van der Waals surface area contributed by atoms with Gasteiger partial charge in [0.2, 0.25) is 5.91 Å². The zero-order valence-corrected chi connectivity index (χ0v) is 11.2. The van der Waals surface area contributed by atoms with Crippen molar-refractivity contribution >= 4 is 11.9 Å². The van der Waals surface area contributed by atoms with Crippen molar-refractivity contribution < 1.29 is 19.4 Å². The van der Waals surface area contributed by atoms with E-state index in [1.54, 1.807) is 0 Å². The van der Waals surface area contributed by atoms with Crippen LogP contribution in [0.1, 0.15) is 24.8 Å². The van der Waals surface area contributed by atoms with Gasteiger partial charge in [-0.1, -0.05) is 30.3 Å². The molecule has 1 saturated heterocycles. The number of aliphatic carboxylic acids is 1. The summed E-state index contributed by atoms with van der Waals surface area (Å²) in [6.07, 6.45) is 2.31. The SMILES string of the molecule is O=C(N[C@H](Cc1ccccc1)C(=O)O)C1CCCCO1. The van der Waals surface area contributed by atoms with Gasteiger partial charge < -0.3 is 15.2 Å². The number of carbonyl (C=O) groups is 2. The van der Waals surface area contributed by atoms with Crippen LogP contribution in [0.3, 0.4) is 0 Å². The molecule has 1 aliphatic rings. The van der Waals surface area contributed by atoms with E-state index in [0.29, 0.717) is 13.0 Å². The zero-order valence-electron chi connectivity index (χ0n) is 11.2. The number of carboxylic acids is 1. The second-order valence-electron chi connectivity index (χ2n) is 4.94. The Morgan fingerprint density at radius 1 is 1.30 bits per heavy atom. The average Bonchev–Trinajstić information content (AvgIpc) is 2.48. The van der Waals surface area contributed by atoms with Gasteiger partial charge in [-0.2, -0.15) is 0 Å². The van der Waals surface area contributed by atoms with Crippen LogP contribution in [0.2, 0.25) is 0 Å². The summed E-state index contributed by atoms with van der Waals surface area (Å²) in [6.45, 7) is 0.564. The predicted molar refractivity (Wildman–Crippen MR) is 73.3 cm³/mol. The summed E-state index contributed by atoms with van der Waals surface area (Å²) in [5.74, 6) is -1.36. The van der Waals surface area contributed by atoms with Gasteiger partial charge in [0.1, 0.15) is 12.1 Å². The molecule has 20 heavy (non-hydrogen) atoms. The number of benzene rings is 1. The van der Waals surface area contributed by atoms with Gasteiger partial charge in [0, 0.05) is 13.0 Å². The first kappa shape index (κ1) is 14.5. The van der Waals surface area contributed by atoms with E-state index in [4.69, 9.17) is 4.74 Å². The third kappa shape index (κ3) is 4.06. The standard InChI is InChI=1S/C15H19NO4/c17-14(13-8-4-5-9-20-13)16-12(15(18)19)10-11-6-2-1-3-7-11/h1-3,6-7,12-13H,4-5,8-10H2,(H,16,17)(H,18,19)/t12-,13?/m1/s1. The Labute approximate surface area is 117 Å². The maximum atomic E-state index is 12.0. The summed E-state index contributed by atoms with van der Waals surface area (Å²) in [5, 5.41) is 11.8. The molecule has 1 heterocycles. The molecule has 5 heteroatoms. The third-order valence-corrected chi connectivity index (χ3v) is 3.37. The Kier molecular flexibility index (Phi) is 5.12. The first-order chi connectivity index (χ1) is 9.66. The molecule has 0 bridgehead atoms. The minimum Gasteiger partial charge on any atom is -0.480 e. The molecule has 1 amide bonds. The van der Waals surface area contributed by atoms with Gasteiger partial charge in [0.05, 0.1) is 0 Å². The molecule has 0 radical (unpaired) electrons. The number of carbonyl (C=O) groups excluding carboxylic acids is 1. The first-order valence-corrected chi connectivity index (χ1v) is 6.85. The molecule has 1 aliphatic heterocycles. The average molecular weight is 277 g/mol. The van der Waals surface area contributed by atoms with Crippen molar-refractivity contribution in [2.75, 3.05) is 6.61 Å². The van der Waals surface area contributed by atoms with Crippen LogP contribution in [-0.2, 0) is 20.7 Å². The normalized spacial score (nSPS) is 20.1. The van der Waals surface area contributed by atoms with Crippen LogP contribution in [0.5, 0.6) is 0 Å². The van der Waals surface area contributed by atoms with Crippen molar-refractivity contribution in [1.29, 1.82) is 0 Å². The van der Waals surface area contributed by atoms with Crippen LogP contribution in [0.15, 0.2) is 30.3 Å². The fourth-order valence-corrected chi connectivity index (χ4v) is 2.26. The van der Waals surface area contributed by atoms with Gasteiger partial charge in [-0.15, -0.1) is 0 Å². The molecular weight excluding hydrogens is 258 g/mol. The lowest BCUT2D eigenvalue weighted by molar-refractivity contribution is -0.145. The number of rotatable bonds is 5. The van der Waals surface area contributed by atoms with Crippen LogP contribution in [0.4, 0.5) is 0 Å². The van der Waals surface area contributed by atoms with Crippen LogP contribution in [-0.4, -0.2) is 35.7 Å². The molecular formula is C15H19NO4. The van der Waals surface area contributed by atoms with Gasteiger partial charge >= 0.3 is 5.97 Å². The van der Waals surface area contributed by atoms with Crippen molar-refractivity contribution in [2.24, 2.45) is 0 Å². The van der Waals surface area contributed by atoms with Crippen LogP contribution in [0.25, 0.3) is 0 Å². The third-order valence-electron chi connectivity index (χ3n) is 3.37. The Balaban J connectivity index is 1.95. The Morgan fingerprint density at radius 3 is 2.65 bits per heavy atom. The van der Waals surface area contributed by atoms with Crippen molar-refractivity contribution in [1.82, 2.24) is 5.32 Å². The van der Waals surface area contributed by atoms with E-state index >= 15 is 0 Å². The van der Waals surface area contributed by atoms with E-state index in [1.807, 2.05) is 30.3 Å². The smallest absolute Gasteiger partial charge is 0.326 e. The molecule has 2 atom stereocenters. The lowest BCUT2D eigenvalue weighted by atomic mass is 10.0. The van der Waals surface area contributed by atoms with E-state index in [-0.39, 0.29) is 12.3 Å². The monoisotopic (exact) mass is 277 g/mol. The molecule has 0 aliphatic carbocycles. The highest BCUT2D eigenvalue weighted by Gasteiger charge is 2.27. The van der Waals surface area contributed by atoms with E-state index in [2.05, 4.69) is 5.32 Å². The fourth-order valence-electron chi connectivity index (χ4n) is 2.26. The molecule has 0 spiro atoms. The number of carboxylic acid groups (broad SMARTS) is 1. The summed E-state index contributed by atoms with van der Waals surface area (Å²) in [5.41, 5.74) is 0.879. The van der Waals surface area contributed by atoms with Crippen LogP contribution >= 0.6 is 0 Å². The van der Waals surface area contributed by atoms with Crippen LogP contribution < -0.4 is 5.32 Å². The number of hydrogen-bond donors (Lipinski definition) is 2. The van der Waals surface area contributed by atoms with Crippen molar-refractivity contribution in [3.05, 3.63) is 35.9 Å². The molecule has 1 unspecified atom stereocenters. The number of hydrogen-bond acceptors (Lipinski definition) is 3.